The Bertz CT molecular complexity index is 1580. The van der Waals surface area contributed by atoms with E-state index in [-0.39, 0.29) is 40.2 Å². The Hall–Kier alpha value is -3.67. The first-order valence-corrected chi connectivity index (χ1v) is 12.4. The van der Waals surface area contributed by atoms with Gasteiger partial charge in [-0.25, -0.2) is 18.6 Å². The topological polar surface area (TPSA) is 123 Å². The third-order valence-corrected chi connectivity index (χ3v) is 7.23. The molecule has 2 amide bonds. The van der Waals surface area contributed by atoms with Crippen molar-refractivity contribution in [3.05, 3.63) is 92.2 Å². The monoisotopic (exact) mass is 560 g/mol. The van der Waals surface area contributed by atoms with Gasteiger partial charge in [0, 0.05) is 25.9 Å². The molecule has 0 unspecified atom stereocenters. The lowest BCUT2D eigenvalue weighted by Crippen LogP contribution is -2.59. The van der Waals surface area contributed by atoms with Crippen molar-refractivity contribution >= 4 is 40.7 Å². The fourth-order valence-corrected chi connectivity index (χ4v) is 4.77. The number of aromatic amines is 1. The quantitative estimate of drug-likeness (QED) is 0.334. The minimum absolute atomic E-state index is 0.0788. The molecule has 1 saturated heterocycles. The number of carbonyl (C=O) groups excluding carboxylic acids is 2. The van der Waals surface area contributed by atoms with Crippen LogP contribution in [0.3, 0.4) is 0 Å². The summed E-state index contributed by atoms with van der Waals surface area (Å²) in [6, 6.07) is 9.96. The summed E-state index contributed by atoms with van der Waals surface area (Å²) in [5.74, 6) is -1.82. The van der Waals surface area contributed by atoms with E-state index in [0.29, 0.717) is 0 Å². The number of H-pyrrole nitrogens is 1. The minimum atomic E-state index is -1.46. The first kappa shape index (κ1) is 26.0. The normalized spacial score (nSPS) is 20.0. The standard InChI is InChI=1S/C25H23Cl2FN6O4/c1-13(18-11-34-21(31-18)16(28)10-33(2)24(34)37)29-23(36)25(32-22(35)17-8-15(26)20(27)30-17)9-19(38-12-25)14-6-4-3-5-7-14/h3-8,10-11,13,19,30H,9,12H2,1-2H3,(H,29,36)(H,32,35)/t13-,19-,25+/m0/s1. The summed E-state index contributed by atoms with van der Waals surface area (Å²) < 4.78 is 22.5. The molecule has 3 N–H and O–H groups in total. The van der Waals surface area contributed by atoms with Crippen LogP contribution in [0.1, 0.15) is 47.2 Å². The molecule has 1 aliphatic heterocycles. The molecule has 4 aromatic rings. The van der Waals surface area contributed by atoms with Gasteiger partial charge in [0.2, 0.25) is 5.91 Å². The van der Waals surface area contributed by atoms with E-state index in [2.05, 4.69) is 20.6 Å². The fraction of sp³-hybridized carbons (Fsp3) is 0.280. The Morgan fingerprint density at radius 2 is 2.00 bits per heavy atom. The summed E-state index contributed by atoms with van der Waals surface area (Å²) in [5.41, 5.74) is -0.904. The number of ether oxygens (including phenoxy) is 1. The highest BCUT2D eigenvalue weighted by atomic mass is 35.5. The molecule has 13 heteroatoms. The van der Waals surface area contributed by atoms with Crippen LogP contribution in [0.2, 0.25) is 10.2 Å². The molecular weight excluding hydrogens is 538 g/mol. The Morgan fingerprint density at radius 1 is 1.26 bits per heavy atom. The number of carbonyl (C=O) groups is 2. The van der Waals surface area contributed by atoms with Gasteiger partial charge in [0.25, 0.3) is 5.91 Å². The highest BCUT2D eigenvalue weighted by Gasteiger charge is 2.48. The van der Waals surface area contributed by atoms with Crippen molar-refractivity contribution < 1.29 is 18.7 Å². The van der Waals surface area contributed by atoms with Gasteiger partial charge in [0.05, 0.1) is 29.5 Å². The second-order valence-corrected chi connectivity index (χ2v) is 10.0. The van der Waals surface area contributed by atoms with E-state index in [9.17, 15) is 18.8 Å². The molecule has 3 aromatic heterocycles. The Kier molecular flexibility index (Phi) is 6.76. The number of hydrogen-bond acceptors (Lipinski definition) is 5. The van der Waals surface area contributed by atoms with Crippen molar-refractivity contribution in [1.29, 1.82) is 0 Å². The number of fused-ring (bicyclic) bond motifs is 1. The number of hydrogen-bond donors (Lipinski definition) is 3. The SMILES string of the molecule is C[C@H](NC(=O)[C@]1(NC(=O)c2cc(Cl)c(Cl)[nH]2)CO[C@H](c2ccccc2)C1)c1cn2c(=O)n(C)cc(F)c2n1. The molecule has 1 aliphatic rings. The minimum Gasteiger partial charge on any atom is -0.370 e. The van der Waals surface area contributed by atoms with Gasteiger partial charge >= 0.3 is 5.69 Å². The van der Waals surface area contributed by atoms with E-state index in [0.717, 1.165) is 20.7 Å². The summed E-state index contributed by atoms with van der Waals surface area (Å²) in [5, 5.41) is 5.89. The van der Waals surface area contributed by atoms with Crippen LogP contribution >= 0.6 is 23.2 Å². The number of nitrogens with zero attached hydrogens (tertiary/aromatic N) is 3. The molecule has 38 heavy (non-hydrogen) atoms. The fourth-order valence-electron chi connectivity index (χ4n) is 4.46. The van der Waals surface area contributed by atoms with Gasteiger partial charge in [-0.2, -0.15) is 0 Å². The highest BCUT2D eigenvalue weighted by Crippen LogP contribution is 2.36. The summed E-state index contributed by atoms with van der Waals surface area (Å²) in [6.07, 6.45) is 2.10. The van der Waals surface area contributed by atoms with Crippen LogP contribution in [-0.2, 0) is 16.6 Å². The van der Waals surface area contributed by atoms with Crippen LogP contribution in [0.15, 0.2) is 53.6 Å². The van der Waals surface area contributed by atoms with E-state index >= 15 is 0 Å². The molecule has 1 fully saturated rings. The maximum atomic E-state index is 14.4. The van der Waals surface area contributed by atoms with Crippen molar-refractivity contribution in [1.82, 2.24) is 29.6 Å². The molecule has 0 saturated carbocycles. The zero-order chi connectivity index (χ0) is 27.2. The third kappa shape index (κ3) is 4.68. The Balaban J connectivity index is 1.43. The van der Waals surface area contributed by atoms with Gasteiger partial charge in [-0.3, -0.25) is 9.59 Å². The zero-order valence-corrected chi connectivity index (χ0v) is 21.8. The van der Waals surface area contributed by atoms with Crippen molar-refractivity contribution in [3.8, 4) is 0 Å². The number of imidazole rings is 1. The van der Waals surface area contributed by atoms with Crippen LogP contribution in [0, 0.1) is 5.82 Å². The van der Waals surface area contributed by atoms with E-state index < -0.39 is 41.0 Å². The first-order valence-electron chi connectivity index (χ1n) is 11.7. The summed E-state index contributed by atoms with van der Waals surface area (Å²) in [4.78, 5) is 46.1. The molecule has 5 rings (SSSR count). The number of benzene rings is 1. The molecule has 0 spiro atoms. The van der Waals surface area contributed by atoms with Gasteiger partial charge < -0.3 is 24.9 Å². The van der Waals surface area contributed by atoms with Crippen LogP contribution in [-0.4, -0.2) is 42.9 Å². The molecule has 3 atom stereocenters. The van der Waals surface area contributed by atoms with Crippen LogP contribution in [0.4, 0.5) is 4.39 Å². The number of rotatable bonds is 6. The lowest BCUT2D eigenvalue weighted by molar-refractivity contribution is -0.128. The average Bonchev–Trinajstić information content (AvgIpc) is 3.61. The lowest BCUT2D eigenvalue weighted by Gasteiger charge is -2.29. The number of halogens is 3. The van der Waals surface area contributed by atoms with Crippen LogP contribution in [0.5, 0.6) is 0 Å². The van der Waals surface area contributed by atoms with Crippen molar-refractivity contribution in [3.63, 3.8) is 0 Å². The number of aryl methyl sites for hydroxylation is 1. The van der Waals surface area contributed by atoms with Crippen LogP contribution in [0.25, 0.3) is 5.65 Å². The van der Waals surface area contributed by atoms with Crippen molar-refractivity contribution in [2.45, 2.75) is 31.0 Å². The molecular formula is C25H23Cl2FN6O4. The zero-order valence-electron chi connectivity index (χ0n) is 20.3. The number of amides is 2. The lowest BCUT2D eigenvalue weighted by atomic mass is 9.91. The number of nitrogens with one attached hydrogen (secondary N) is 3. The average molecular weight is 561 g/mol. The summed E-state index contributed by atoms with van der Waals surface area (Å²) >= 11 is 11.9. The second-order valence-electron chi connectivity index (χ2n) is 9.22. The summed E-state index contributed by atoms with van der Waals surface area (Å²) in [6.45, 7) is 1.53. The van der Waals surface area contributed by atoms with Gasteiger partial charge in [-0.1, -0.05) is 53.5 Å². The molecule has 4 heterocycles. The molecule has 1 aromatic carbocycles. The van der Waals surface area contributed by atoms with E-state index in [1.54, 1.807) is 6.92 Å². The highest BCUT2D eigenvalue weighted by molar-refractivity contribution is 6.41. The van der Waals surface area contributed by atoms with Crippen molar-refractivity contribution in [2.75, 3.05) is 6.61 Å². The largest absolute Gasteiger partial charge is 0.370 e. The number of aromatic nitrogens is 4. The maximum Gasteiger partial charge on any atom is 0.333 e. The van der Waals surface area contributed by atoms with E-state index in [4.69, 9.17) is 27.9 Å². The predicted octanol–water partition coefficient (Wildman–Crippen LogP) is 3.31. The van der Waals surface area contributed by atoms with E-state index in [1.807, 2.05) is 30.3 Å². The molecule has 10 nitrogen and oxygen atoms in total. The molecule has 0 radical (unpaired) electrons. The van der Waals surface area contributed by atoms with Gasteiger partial charge in [-0.15, -0.1) is 0 Å². The van der Waals surface area contributed by atoms with Gasteiger partial charge in [0.15, 0.2) is 11.5 Å². The Morgan fingerprint density at radius 3 is 2.68 bits per heavy atom. The molecule has 198 valence electrons. The van der Waals surface area contributed by atoms with E-state index in [1.165, 1.54) is 19.3 Å². The predicted molar refractivity (Wildman–Crippen MR) is 138 cm³/mol. The second kappa shape index (κ2) is 9.90. The van der Waals surface area contributed by atoms with Crippen LogP contribution < -0.4 is 16.3 Å². The van der Waals surface area contributed by atoms with Crippen molar-refractivity contribution in [2.24, 2.45) is 7.05 Å². The molecule has 0 bridgehead atoms. The first-order chi connectivity index (χ1) is 18.1. The Labute approximate surface area is 225 Å². The van der Waals surface area contributed by atoms with Gasteiger partial charge in [-0.05, 0) is 18.6 Å². The molecule has 0 aliphatic carbocycles. The smallest absolute Gasteiger partial charge is 0.333 e. The third-order valence-electron chi connectivity index (χ3n) is 6.54. The maximum absolute atomic E-state index is 14.4. The van der Waals surface area contributed by atoms with Gasteiger partial charge in [0.1, 0.15) is 16.4 Å². The summed E-state index contributed by atoms with van der Waals surface area (Å²) in [7, 11) is 1.43.